The zero-order valence-electron chi connectivity index (χ0n) is 15.1. The van der Waals surface area contributed by atoms with Crippen LogP contribution in [0.1, 0.15) is 50.9 Å². The maximum atomic E-state index is 11.9. The molecule has 2 atom stereocenters. The first-order chi connectivity index (χ1) is 12.1. The monoisotopic (exact) mass is 341 g/mol. The maximum absolute atomic E-state index is 11.9. The van der Waals surface area contributed by atoms with Crippen LogP contribution in [0.25, 0.3) is 11.0 Å². The molecule has 0 aliphatic carbocycles. The van der Waals surface area contributed by atoms with Gasteiger partial charge >= 0.3 is 6.03 Å². The van der Waals surface area contributed by atoms with Crippen molar-refractivity contribution in [3.8, 4) is 0 Å². The summed E-state index contributed by atoms with van der Waals surface area (Å²) in [7, 11) is 0. The van der Waals surface area contributed by atoms with E-state index in [1.165, 1.54) is 5.52 Å². The summed E-state index contributed by atoms with van der Waals surface area (Å²) >= 11 is 0. The van der Waals surface area contributed by atoms with Crippen molar-refractivity contribution in [3.63, 3.8) is 0 Å². The van der Waals surface area contributed by atoms with E-state index >= 15 is 0 Å². The highest BCUT2D eigenvalue weighted by Gasteiger charge is 2.45. The van der Waals surface area contributed by atoms with E-state index in [4.69, 9.17) is 10.7 Å². The summed E-state index contributed by atoms with van der Waals surface area (Å²) in [6.45, 7) is 4.90. The van der Waals surface area contributed by atoms with E-state index in [1.807, 2.05) is 6.07 Å². The van der Waals surface area contributed by atoms with Gasteiger partial charge in [-0.1, -0.05) is 19.1 Å². The minimum Gasteiger partial charge on any atom is -0.350 e. The van der Waals surface area contributed by atoms with Crippen LogP contribution in [0.5, 0.6) is 0 Å². The molecule has 0 spiro atoms. The van der Waals surface area contributed by atoms with E-state index in [9.17, 15) is 4.79 Å². The molecule has 2 bridgehead atoms. The lowest BCUT2D eigenvalue weighted by atomic mass is 9.98. The van der Waals surface area contributed by atoms with Crippen molar-refractivity contribution in [1.82, 2.24) is 19.6 Å². The molecule has 6 heteroatoms. The van der Waals surface area contributed by atoms with Gasteiger partial charge in [-0.05, 0) is 51.2 Å². The number of carbonyl (C=O) groups is 1. The number of aromatic nitrogens is 2. The molecule has 25 heavy (non-hydrogen) atoms. The maximum Gasteiger partial charge on any atom is 0.329 e. The summed E-state index contributed by atoms with van der Waals surface area (Å²) in [5.41, 5.74) is 7.95. The van der Waals surface area contributed by atoms with E-state index in [0.717, 1.165) is 43.4 Å². The summed E-state index contributed by atoms with van der Waals surface area (Å²) in [5, 5.41) is 4.08. The number of benzene rings is 1. The van der Waals surface area contributed by atoms with E-state index in [-0.39, 0.29) is 6.03 Å². The number of primary amides is 1. The Morgan fingerprint density at radius 3 is 2.56 bits per heavy atom. The lowest BCUT2D eigenvalue weighted by Crippen LogP contribution is -2.57. The molecular weight excluding hydrogens is 314 g/mol. The largest absolute Gasteiger partial charge is 0.350 e. The molecule has 134 valence electrons. The van der Waals surface area contributed by atoms with Crippen molar-refractivity contribution < 1.29 is 4.79 Å². The average Bonchev–Trinajstić information content (AvgIpc) is 3.04. The predicted octanol–water partition coefficient (Wildman–Crippen LogP) is 3.22. The van der Waals surface area contributed by atoms with Crippen molar-refractivity contribution in [1.29, 1.82) is 0 Å². The first-order valence-electron chi connectivity index (χ1n) is 9.39. The zero-order valence-corrected chi connectivity index (χ0v) is 15.1. The molecule has 2 fully saturated rings. The minimum atomic E-state index is -0.318. The van der Waals surface area contributed by atoms with Gasteiger partial charge in [0.1, 0.15) is 5.82 Å². The summed E-state index contributed by atoms with van der Waals surface area (Å²) in [5.74, 6) is 1.08. The van der Waals surface area contributed by atoms with Crippen LogP contribution in [0, 0.1) is 6.92 Å². The van der Waals surface area contributed by atoms with Crippen LogP contribution < -0.4 is 5.73 Å². The SMILES string of the molecule is CCCN(C(N)=O)N1C2CCC1CC(n1c(C)nc3ccccc31)C2. The highest BCUT2D eigenvalue weighted by atomic mass is 16.2. The molecule has 6 nitrogen and oxygen atoms in total. The van der Waals surface area contributed by atoms with Crippen LogP contribution >= 0.6 is 0 Å². The van der Waals surface area contributed by atoms with Gasteiger partial charge in [0.15, 0.2) is 0 Å². The molecule has 2 aliphatic heterocycles. The zero-order chi connectivity index (χ0) is 17.6. The molecule has 2 N–H and O–H groups in total. The van der Waals surface area contributed by atoms with Crippen LogP contribution in [-0.4, -0.2) is 44.2 Å². The third-order valence-corrected chi connectivity index (χ3v) is 5.78. The fourth-order valence-electron chi connectivity index (χ4n) is 4.91. The standard InChI is InChI=1S/C19H27N5O/c1-3-10-22(19(20)25)24-14-8-9-15(24)12-16(11-14)23-13(2)21-17-6-4-5-7-18(17)23/h4-7,14-16H,3,8-12H2,1-2H3,(H2,20,25). The molecule has 0 saturated carbocycles. The Balaban J connectivity index is 1.63. The number of amides is 2. The molecule has 2 aliphatic rings. The Kier molecular flexibility index (Phi) is 4.15. The van der Waals surface area contributed by atoms with Gasteiger partial charge in [0, 0.05) is 24.7 Å². The fourth-order valence-corrected chi connectivity index (χ4v) is 4.91. The number of fused-ring (bicyclic) bond motifs is 3. The van der Waals surface area contributed by atoms with Gasteiger partial charge < -0.3 is 10.3 Å². The molecule has 2 aromatic rings. The lowest BCUT2D eigenvalue weighted by Gasteiger charge is -2.45. The van der Waals surface area contributed by atoms with Gasteiger partial charge in [0.2, 0.25) is 0 Å². The second kappa shape index (κ2) is 6.33. The molecule has 0 radical (unpaired) electrons. The lowest BCUT2D eigenvalue weighted by molar-refractivity contribution is -0.0585. The molecule has 3 heterocycles. The van der Waals surface area contributed by atoms with E-state index in [1.54, 1.807) is 5.01 Å². The van der Waals surface area contributed by atoms with E-state index in [0.29, 0.717) is 24.7 Å². The normalized spacial score (nSPS) is 26.2. The van der Waals surface area contributed by atoms with Gasteiger partial charge in [0.05, 0.1) is 11.0 Å². The quantitative estimate of drug-likeness (QED) is 0.928. The number of hydrazine groups is 1. The molecular formula is C19H27N5O. The summed E-state index contributed by atoms with van der Waals surface area (Å²) < 4.78 is 2.41. The van der Waals surface area contributed by atoms with E-state index < -0.39 is 0 Å². The van der Waals surface area contributed by atoms with Crippen molar-refractivity contribution in [3.05, 3.63) is 30.1 Å². The molecule has 2 saturated heterocycles. The van der Waals surface area contributed by atoms with Crippen LogP contribution in [-0.2, 0) is 0 Å². The van der Waals surface area contributed by atoms with E-state index in [2.05, 4.69) is 41.6 Å². The van der Waals surface area contributed by atoms with Gasteiger partial charge in [-0.15, -0.1) is 0 Å². The minimum absolute atomic E-state index is 0.318. The van der Waals surface area contributed by atoms with Crippen LogP contribution in [0.15, 0.2) is 24.3 Å². The van der Waals surface area contributed by atoms with Crippen molar-refractivity contribution >= 4 is 17.1 Å². The number of nitrogens with zero attached hydrogens (tertiary/aromatic N) is 4. The third-order valence-electron chi connectivity index (χ3n) is 5.78. The molecule has 2 unspecified atom stereocenters. The smallest absolute Gasteiger partial charge is 0.329 e. The Labute approximate surface area is 148 Å². The number of urea groups is 1. The van der Waals surface area contributed by atoms with Gasteiger partial charge in [-0.3, -0.25) is 5.01 Å². The predicted molar refractivity (Wildman–Crippen MR) is 98.0 cm³/mol. The van der Waals surface area contributed by atoms with Crippen molar-refractivity contribution in [2.75, 3.05) is 6.54 Å². The number of piperidine rings is 1. The van der Waals surface area contributed by atoms with Gasteiger partial charge in [0.25, 0.3) is 0 Å². The second-order valence-electron chi connectivity index (χ2n) is 7.37. The number of hydrogen-bond donors (Lipinski definition) is 1. The topological polar surface area (TPSA) is 67.4 Å². The first-order valence-corrected chi connectivity index (χ1v) is 9.39. The average molecular weight is 341 g/mol. The Morgan fingerprint density at radius 2 is 1.92 bits per heavy atom. The number of aryl methyl sites for hydroxylation is 1. The van der Waals surface area contributed by atoms with Crippen LogP contribution in [0.4, 0.5) is 4.79 Å². The number of rotatable bonds is 4. The van der Waals surface area contributed by atoms with Gasteiger partial charge in [-0.2, -0.15) is 0 Å². The van der Waals surface area contributed by atoms with Gasteiger partial charge in [-0.25, -0.2) is 14.8 Å². The van der Waals surface area contributed by atoms with Crippen LogP contribution in [0.3, 0.4) is 0 Å². The fraction of sp³-hybridized carbons (Fsp3) is 0.579. The van der Waals surface area contributed by atoms with Crippen molar-refractivity contribution in [2.24, 2.45) is 5.73 Å². The van der Waals surface area contributed by atoms with Crippen LogP contribution in [0.2, 0.25) is 0 Å². The first kappa shape index (κ1) is 16.4. The summed E-state index contributed by atoms with van der Waals surface area (Å²) in [6, 6.07) is 9.28. The number of para-hydroxylation sites is 2. The molecule has 4 rings (SSSR count). The number of carbonyl (C=O) groups excluding carboxylic acids is 1. The molecule has 1 aromatic heterocycles. The molecule has 1 aromatic carbocycles. The Hall–Kier alpha value is -2.08. The second-order valence-corrected chi connectivity index (χ2v) is 7.37. The summed E-state index contributed by atoms with van der Waals surface area (Å²) in [4.78, 5) is 16.7. The summed E-state index contributed by atoms with van der Waals surface area (Å²) in [6.07, 6.45) is 5.30. The highest BCUT2D eigenvalue weighted by molar-refractivity contribution is 5.76. The Bertz CT molecular complexity index is 771. The highest BCUT2D eigenvalue weighted by Crippen LogP contribution is 2.43. The third kappa shape index (κ3) is 2.68. The number of nitrogens with two attached hydrogens (primary N) is 1. The number of hydrogen-bond acceptors (Lipinski definition) is 3. The molecule has 2 amide bonds. The Morgan fingerprint density at radius 1 is 1.24 bits per heavy atom. The van der Waals surface area contributed by atoms with Crippen molar-refractivity contribution in [2.45, 2.75) is 64.1 Å². The number of imidazole rings is 1.